The summed E-state index contributed by atoms with van der Waals surface area (Å²) in [6.45, 7) is 4.80. The molecular formula is C12H18BrNO2. The van der Waals surface area contributed by atoms with E-state index in [1.165, 1.54) is 7.11 Å². The fourth-order valence-electron chi connectivity index (χ4n) is 1.47. The van der Waals surface area contributed by atoms with E-state index in [0.29, 0.717) is 12.3 Å². The Bertz CT molecular complexity index is 378. The maximum Gasteiger partial charge on any atom is 0.161 e. The van der Waals surface area contributed by atoms with Crippen molar-refractivity contribution in [2.75, 3.05) is 13.7 Å². The monoisotopic (exact) mass is 287 g/mol. The summed E-state index contributed by atoms with van der Waals surface area (Å²) < 4.78 is 5.97. The molecule has 0 aliphatic carbocycles. The van der Waals surface area contributed by atoms with Gasteiger partial charge in [0, 0.05) is 4.47 Å². The van der Waals surface area contributed by atoms with Crippen molar-refractivity contribution in [1.82, 2.24) is 0 Å². The molecule has 0 spiro atoms. The molecule has 4 heteroatoms. The number of benzene rings is 1. The van der Waals surface area contributed by atoms with Crippen LogP contribution in [0, 0.1) is 5.41 Å². The highest BCUT2D eigenvalue weighted by molar-refractivity contribution is 9.10. The van der Waals surface area contributed by atoms with E-state index in [4.69, 9.17) is 10.5 Å². The maximum absolute atomic E-state index is 9.71. The Balaban J connectivity index is 3.02. The van der Waals surface area contributed by atoms with Gasteiger partial charge < -0.3 is 15.6 Å². The number of phenols is 1. The molecule has 0 unspecified atom stereocenters. The zero-order valence-electron chi connectivity index (χ0n) is 9.88. The van der Waals surface area contributed by atoms with Gasteiger partial charge in [-0.25, -0.2) is 0 Å². The third kappa shape index (κ3) is 3.12. The van der Waals surface area contributed by atoms with E-state index in [-0.39, 0.29) is 11.2 Å². The van der Waals surface area contributed by atoms with Crippen LogP contribution in [0.3, 0.4) is 0 Å². The smallest absolute Gasteiger partial charge is 0.161 e. The van der Waals surface area contributed by atoms with Gasteiger partial charge in [-0.3, -0.25) is 0 Å². The molecule has 0 aromatic heterocycles. The van der Waals surface area contributed by atoms with Gasteiger partial charge in [0.25, 0.3) is 0 Å². The fourth-order valence-corrected chi connectivity index (χ4v) is 1.94. The van der Waals surface area contributed by atoms with Crippen LogP contribution in [0.15, 0.2) is 16.6 Å². The van der Waals surface area contributed by atoms with E-state index in [9.17, 15) is 5.11 Å². The highest BCUT2D eigenvalue weighted by Crippen LogP contribution is 2.35. The van der Waals surface area contributed by atoms with Crippen LogP contribution in [-0.4, -0.2) is 18.8 Å². The lowest BCUT2D eigenvalue weighted by molar-refractivity contribution is 0.364. The van der Waals surface area contributed by atoms with Crippen LogP contribution in [0.1, 0.15) is 19.4 Å². The minimum atomic E-state index is 0.0174. The summed E-state index contributed by atoms with van der Waals surface area (Å²) in [6.07, 6.45) is 0.807. The van der Waals surface area contributed by atoms with Crippen molar-refractivity contribution in [2.24, 2.45) is 11.1 Å². The molecule has 16 heavy (non-hydrogen) atoms. The lowest BCUT2D eigenvalue weighted by Gasteiger charge is -2.23. The molecule has 0 saturated carbocycles. The number of rotatable bonds is 4. The molecule has 0 heterocycles. The largest absolute Gasteiger partial charge is 0.504 e. The molecule has 0 saturated heterocycles. The first kappa shape index (κ1) is 13.3. The number of ether oxygens (including phenoxy) is 1. The van der Waals surface area contributed by atoms with Gasteiger partial charge in [0.1, 0.15) is 0 Å². The third-order valence-corrected chi connectivity index (χ3v) is 3.31. The van der Waals surface area contributed by atoms with Crippen molar-refractivity contribution in [3.8, 4) is 11.5 Å². The highest BCUT2D eigenvalue weighted by Gasteiger charge is 2.19. The van der Waals surface area contributed by atoms with Crippen LogP contribution in [-0.2, 0) is 6.42 Å². The van der Waals surface area contributed by atoms with Gasteiger partial charge in [0.05, 0.1) is 7.11 Å². The average Bonchev–Trinajstić information content (AvgIpc) is 2.22. The van der Waals surface area contributed by atoms with E-state index in [2.05, 4.69) is 29.8 Å². The van der Waals surface area contributed by atoms with Gasteiger partial charge in [-0.15, -0.1) is 0 Å². The van der Waals surface area contributed by atoms with Gasteiger partial charge in [-0.2, -0.15) is 0 Å². The second-order valence-electron chi connectivity index (χ2n) is 4.66. The zero-order chi connectivity index (χ0) is 12.3. The van der Waals surface area contributed by atoms with Crippen LogP contribution in [0.4, 0.5) is 0 Å². The Kier molecular flexibility index (Phi) is 4.21. The summed E-state index contributed by atoms with van der Waals surface area (Å²) in [5.74, 6) is 0.634. The summed E-state index contributed by atoms with van der Waals surface area (Å²) in [6, 6.07) is 3.50. The summed E-state index contributed by atoms with van der Waals surface area (Å²) in [5, 5.41) is 9.71. The molecule has 0 amide bonds. The maximum atomic E-state index is 9.71. The molecule has 0 aliphatic heterocycles. The molecule has 0 radical (unpaired) electrons. The molecule has 1 aromatic rings. The Morgan fingerprint density at radius 1 is 1.44 bits per heavy atom. The topological polar surface area (TPSA) is 55.5 Å². The molecule has 3 N–H and O–H groups in total. The zero-order valence-corrected chi connectivity index (χ0v) is 11.5. The normalized spacial score (nSPS) is 11.6. The Labute approximate surface area is 105 Å². The molecule has 90 valence electrons. The number of methoxy groups -OCH3 is 1. The summed E-state index contributed by atoms with van der Waals surface area (Å²) in [4.78, 5) is 0. The van der Waals surface area contributed by atoms with Gasteiger partial charge in [-0.05, 0) is 36.1 Å². The SMILES string of the molecule is COc1cc(Br)c(CC(C)(C)CN)cc1O. The molecule has 0 bridgehead atoms. The number of phenolic OH excluding ortho intramolecular Hbond substituents is 1. The molecule has 0 fully saturated rings. The van der Waals surface area contributed by atoms with E-state index in [1.807, 2.05) is 0 Å². The second-order valence-corrected chi connectivity index (χ2v) is 5.51. The predicted molar refractivity (Wildman–Crippen MR) is 68.9 cm³/mol. The summed E-state index contributed by atoms with van der Waals surface area (Å²) in [7, 11) is 1.53. The van der Waals surface area contributed by atoms with Crippen molar-refractivity contribution in [1.29, 1.82) is 0 Å². The first-order chi connectivity index (χ1) is 7.39. The summed E-state index contributed by atoms with van der Waals surface area (Å²) >= 11 is 3.47. The molecule has 3 nitrogen and oxygen atoms in total. The first-order valence-electron chi connectivity index (χ1n) is 5.15. The molecule has 0 atom stereocenters. The number of hydrogen-bond acceptors (Lipinski definition) is 3. The highest BCUT2D eigenvalue weighted by atomic mass is 79.9. The van der Waals surface area contributed by atoms with Gasteiger partial charge >= 0.3 is 0 Å². The van der Waals surface area contributed by atoms with E-state index in [0.717, 1.165) is 16.5 Å². The quantitative estimate of drug-likeness (QED) is 0.895. The standard InChI is InChI=1S/C12H18BrNO2/c1-12(2,7-14)6-8-4-10(15)11(16-3)5-9(8)13/h4-5,15H,6-7,14H2,1-3H3. The lowest BCUT2D eigenvalue weighted by Crippen LogP contribution is -2.26. The molecular weight excluding hydrogens is 270 g/mol. The third-order valence-electron chi connectivity index (χ3n) is 2.57. The van der Waals surface area contributed by atoms with Crippen LogP contribution in [0.2, 0.25) is 0 Å². The summed E-state index contributed by atoms with van der Waals surface area (Å²) in [5.41, 5.74) is 6.75. The van der Waals surface area contributed by atoms with E-state index < -0.39 is 0 Å². The van der Waals surface area contributed by atoms with Crippen molar-refractivity contribution < 1.29 is 9.84 Å². The van der Waals surface area contributed by atoms with Crippen LogP contribution < -0.4 is 10.5 Å². The minimum absolute atomic E-state index is 0.0174. The number of hydrogen-bond donors (Lipinski definition) is 2. The fraction of sp³-hybridized carbons (Fsp3) is 0.500. The minimum Gasteiger partial charge on any atom is -0.504 e. The molecule has 1 aromatic carbocycles. The number of aromatic hydroxyl groups is 1. The number of halogens is 1. The van der Waals surface area contributed by atoms with Crippen molar-refractivity contribution in [3.05, 3.63) is 22.2 Å². The molecule has 1 rings (SSSR count). The molecule has 0 aliphatic rings. The number of nitrogens with two attached hydrogens (primary N) is 1. The van der Waals surface area contributed by atoms with Gasteiger partial charge in [-0.1, -0.05) is 29.8 Å². The van der Waals surface area contributed by atoms with Crippen LogP contribution in [0.25, 0.3) is 0 Å². The first-order valence-corrected chi connectivity index (χ1v) is 5.94. The van der Waals surface area contributed by atoms with Crippen molar-refractivity contribution >= 4 is 15.9 Å². The van der Waals surface area contributed by atoms with Gasteiger partial charge in [0.15, 0.2) is 11.5 Å². The second kappa shape index (κ2) is 5.06. The average molecular weight is 288 g/mol. The van der Waals surface area contributed by atoms with E-state index in [1.54, 1.807) is 12.1 Å². The van der Waals surface area contributed by atoms with Crippen molar-refractivity contribution in [3.63, 3.8) is 0 Å². The van der Waals surface area contributed by atoms with Crippen LogP contribution in [0.5, 0.6) is 11.5 Å². The van der Waals surface area contributed by atoms with Crippen molar-refractivity contribution in [2.45, 2.75) is 20.3 Å². The van der Waals surface area contributed by atoms with Gasteiger partial charge in [0.2, 0.25) is 0 Å². The predicted octanol–water partition coefficient (Wildman–Crippen LogP) is 2.69. The Morgan fingerprint density at radius 2 is 2.06 bits per heavy atom. The van der Waals surface area contributed by atoms with E-state index >= 15 is 0 Å². The van der Waals surface area contributed by atoms with Crippen LogP contribution >= 0.6 is 15.9 Å². The Morgan fingerprint density at radius 3 is 2.56 bits per heavy atom. The Hall–Kier alpha value is -0.740. The lowest BCUT2D eigenvalue weighted by atomic mass is 9.86.